The van der Waals surface area contributed by atoms with Crippen LogP contribution in [0.5, 0.6) is 5.75 Å². The van der Waals surface area contributed by atoms with Gasteiger partial charge in [-0.2, -0.15) is 4.98 Å². The highest BCUT2D eigenvalue weighted by molar-refractivity contribution is 6.12. The van der Waals surface area contributed by atoms with Gasteiger partial charge >= 0.3 is 6.09 Å². The van der Waals surface area contributed by atoms with E-state index in [1.165, 1.54) is 16.0 Å². The average Bonchev–Trinajstić information content (AvgIpc) is 3.05. The van der Waals surface area contributed by atoms with E-state index < -0.39 is 23.3 Å². The molecule has 0 saturated carbocycles. The number of carbonyl (C=O) groups excluding carboxylic acids is 2. The van der Waals surface area contributed by atoms with Crippen LogP contribution in [-0.2, 0) is 10.2 Å². The van der Waals surface area contributed by atoms with Crippen molar-refractivity contribution in [3.8, 4) is 5.75 Å². The Hall–Kier alpha value is -4.91. The van der Waals surface area contributed by atoms with Gasteiger partial charge in [-0.05, 0) is 36.7 Å². The maximum absolute atomic E-state index is 13.8. The Labute approximate surface area is 256 Å². The van der Waals surface area contributed by atoms with E-state index in [0.29, 0.717) is 28.4 Å². The van der Waals surface area contributed by atoms with Crippen LogP contribution in [0.3, 0.4) is 0 Å². The van der Waals surface area contributed by atoms with Gasteiger partial charge in [-0.1, -0.05) is 26.8 Å². The van der Waals surface area contributed by atoms with Crippen LogP contribution >= 0.6 is 0 Å². The van der Waals surface area contributed by atoms with Gasteiger partial charge in [0.25, 0.3) is 11.8 Å². The maximum atomic E-state index is 13.8. The first kappa shape index (κ1) is 30.5. The Morgan fingerprint density at radius 1 is 1.02 bits per heavy atom. The number of piperazine rings is 1. The Morgan fingerprint density at radius 3 is 2.41 bits per heavy atom. The fourth-order valence-corrected chi connectivity index (χ4v) is 5.57. The van der Waals surface area contributed by atoms with Gasteiger partial charge in [-0.3, -0.25) is 19.8 Å². The van der Waals surface area contributed by atoms with Gasteiger partial charge in [-0.25, -0.2) is 9.78 Å². The third kappa shape index (κ3) is 6.09. The molecule has 0 spiro atoms. The summed E-state index contributed by atoms with van der Waals surface area (Å²) in [6, 6.07) is 10.9. The summed E-state index contributed by atoms with van der Waals surface area (Å²) in [6.45, 7) is 9.32. The first-order chi connectivity index (χ1) is 20.9. The van der Waals surface area contributed by atoms with Crippen molar-refractivity contribution >= 4 is 52.4 Å². The highest BCUT2D eigenvalue weighted by Gasteiger charge is 2.36. The summed E-state index contributed by atoms with van der Waals surface area (Å²) < 4.78 is 5.70. The number of nitrogens with zero attached hydrogens (tertiary/aromatic N) is 6. The molecule has 2 aromatic carbocycles. The van der Waals surface area contributed by atoms with Gasteiger partial charge in [0.1, 0.15) is 17.9 Å². The number of fused-ring (bicyclic) bond motifs is 1. The van der Waals surface area contributed by atoms with Crippen molar-refractivity contribution in [2.75, 3.05) is 74.4 Å². The lowest BCUT2D eigenvalue weighted by Crippen LogP contribution is -2.44. The standard InChI is InChI=1S/C31H38N8O5/c1-31(2,3)26-22(34-30(42)43)8-7-9-23(26)39-25(40)18-37(5)28(41)20-17-32-29(35-27(20)39)33-21-11-10-19(16-24(21)44-6)38-14-12-36(4)13-15-38/h7-11,16-17,34H,12-15,18H2,1-6H3,(H,42,43)(H,32,33,35). The first-order valence-electron chi connectivity index (χ1n) is 14.3. The summed E-state index contributed by atoms with van der Waals surface area (Å²) in [6.07, 6.45) is 0.169. The number of ether oxygens (including phenoxy) is 1. The van der Waals surface area contributed by atoms with Crippen molar-refractivity contribution in [2.45, 2.75) is 26.2 Å². The molecule has 2 aliphatic heterocycles. The van der Waals surface area contributed by atoms with E-state index in [-0.39, 0.29) is 23.9 Å². The molecule has 44 heavy (non-hydrogen) atoms. The third-order valence-corrected chi connectivity index (χ3v) is 7.75. The molecule has 0 unspecified atom stereocenters. The van der Waals surface area contributed by atoms with Gasteiger partial charge in [0, 0.05) is 62.4 Å². The minimum atomic E-state index is -1.23. The summed E-state index contributed by atoms with van der Waals surface area (Å²) in [4.78, 5) is 55.2. The summed E-state index contributed by atoms with van der Waals surface area (Å²) in [7, 11) is 5.24. The minimum Gasteiger partial charge on any atom is -0.494 e. The van der Waals surface area contributed by atoms with E-state index >= 15 is 0 Å². The molecule has 1 aromatic heterocycles. The summed E-state index contributed by atoms with van der Waals surface area (Å²) in [5, 5.41) is 15.2. The topological polar surface area (TPSA) is 143 Å². The number of carboxylic acid groups (broad SMARTS) is 1. The van der Waals surface area contributed by atoms with Crippen LogP contribution < -0.4 is 25.2 Å². The summed E-state index contributed by atoms with van der Waals surface area (Å²) in [5.41, 5.74) is 2.52. The largest absolute Gasteiger partial charge is 0.494 e. The zero-order valence-corrected chi connectivity index (χ0v) is 25.8. The molecule has 0 bridgehead atoms. The van der Waals surface area contributed by atoms with Crippen LogP contribution in [0.15, 0.2) is 42.6 Å². The fourth-order valence-electron chi connectivity index (χ4n) is 5.57. The van der Waals surface area contributed by atoms with E-state index in [9.17, 15) is 19.5 Å². The molecule has 3 aromatic rings. The number of rotatable bonds is 6. The van der Waals surface area contributed by atoms with E-state index in [1.807, 2.05) is 39.0 Å². The van der Waals surface area contributed by atoms with E-state index in [2.05, 4.69) is 32.5 Å². The van der Waals surface area contributed by atoms with Gasteiger partial charge in [0.15, 0.2) is 5.82 Å². The van der Waals surface area contributed by atoms with Gasteiger partial charge < -0.3 is 29.9 Å². The predicted molar refractivity (Wildman–Crippen MR) is 169 cm³/mol. The molecule has 13 nitrogen and oxygen atoms in total. The Bertz CT molecular complexity index is 1600. The van der Waals surface area contributed by atoms with Crippen LogP contribution in [0.4, 0.5) is 39.3 Å². The SMILES string of the molecule is COc1cc(N2CCN(C)CC2)ccc1Nc1ncc2c(n1)N(c1cccc(NC(=O)O)c1C(C)(C)C)C(=O)CN(C)C2=O. The molecule has 3 amide bonds. The summed E-state index contributed by atoms with van der Waals surface area (Å²) in [5.74, 6) is 0.0191. The quantitative estimate of drug-likeness (QED) is 0.377. The highest BCUT2D eigenvalue weighted by Crippen LogP contribution is 2.42. The zero-order chi connectivity index (χ0) is 31.8. The molecule has 3 heterocycles. The van der Waals surface area contributed by atoms with Gasteiger partial charge in [0.05, 0.1) is 18.5 Å². The highest BCUT2D eigenvalue weighted by atomic mass is 16.5. The van der Waals surface area contributed by atoms with Crippen molar-refractivity contribution in [3.05, 3.63) is 53.7 Å². The molecule has 0 radical (unpaired) electrons. The molecule has 3 N–H and O–H groups in total. The fraction of sp³-hybridized carbons (Fsp3) is 0.387. The number of methoxy groups -OCH3 is 1. The lowest BCUT2D eigenvalue weighted by Gasteiger charge is -2.34. The van der Waals surface area contributed by atoms with Crippen molar-refractivity contribution in [1.82, 2.24) is 19.8 Å². The van der Waals surface area contributed by atoms with Crippen molar-refractivity contribution < 1.29 is 24.2 Å². The Morgan fingerprint density at radius 2 is 1.75 bits per heavy atom. The van der Waals surface area contributed by atoms with Gasteiger partial charge in [0.2, 0.25) is 5.95 Å². The van der Waals surface area contributed by atoms with Crippen molar-refractivity contribution in [2.24, 2.45) is 0 Å². The van der Waals surface area contributed by atoms with Crippen LogP contribution in [0.25, 0.3) is 0 Å². The number of benzene rings is 2. The normalized spacial score (nSPS) is 16.0. The number of likely N-dealkylation sites (N-methyl/N-ethyl adjacent to an activating group) is 2. The number of hydrogen-bond donors (Lipinski definition) is 3. The average molecular weight is 603 g/mol. The monoisotopic (exact) mass is 602 g/mol. The predicted octanol–water partition coefficient (Wildman–Crippen LogP) is 4.12. The molecule has 2 aliphatic rings. The Balaban J connectivity index is 1.58. The van der Waals surface area contributed by atoms with Crippen LogP contribution in [0, 0.1) is 0 Å². The zero-order valence-electron chi connectivity index (χ0n) is 25.8. The van der Waals surface area contributed by atoms with Crippen LogP contribution in [0.1, 0.15) is 36.7 Å². The van der Waals surface area contributed by atoms with Crippen LogP contribution in [-0.4, -0.2) is 96.7 Å². The number of anilines is 6. The minimum absolute atomic E-state index is 0.0906. The van der Waals surface area contributed by atoms with E-state index in [0.717, 1.165) is 31.9 Å². The molecule has 1 fully saturated rings. The second kappa shape index (κ2) is 12.0. The number of carbonyl (C=O) groups is 3. The molecular formula is C31H38N8O5. The van der Waals surface area contributed by atoms with Crippen molar-refractivity contribution in [1.29, 1.82) is 0 Å². The number of aromatic nitrogens is 2. The van der Waals surface area contributed by atoms with Crippen molar-refractivity contribution in [3.63, 3.8) is 0 Å². The van der Waals surface area contributed by atoms with Crippen LogP contribution in [0.2, 0.25) is 0 Å². The summed E-state index contributed by atoms with van der Waals surface area (Å²) >= 11 is 0. The lowest BCUT2D eigenvalue weighted by atomic mass is 9.84. The molecular weight excluding hydrogens is 564 g/mol. The molecule has 5 rings (SSSR count). The second-order valence-corrected chi connectivity index (χ2v) is 12.0. The van der Waals surface area contributed by atoms with Gasteiger partial charge in [-0.15, -0.1) is 0 Å². The molecule has 1 saturated heterocycles. The lowest BCUT2D eigenvalue weighted by molar-refractivity contribution is -0.118. The smallest absolute Gasteiger partial charge is 0.409 e. The molecule has 232 valence electrons. The van der Waals surface area contributed by atoms with E-state index in [4.69, 9.17) is 9.72 Å². The molecule has 13 heteroatoms. The molecule has 0 atom stereocenters. The third-order valence-electron chi connectivity index (χ3n) is 7.75. The maximum Gasteiger partial charge on any atom is 0.409 e. The number of nitrogens with one attached hydrogen (secondary N) is 2. The van der Waals surface area contributed by atoms with E-state index in [1.54, 1.807) is 32.4 Å². The number of amides is 3. The Kier molecular flexibility index (Phi) is 8.33. The number of hydrogen-bond acceptors (Lipinski definition) is 9. The molecule has 0 aliphatic carbocycles. The second-order valence-electron chi connectivity index (χ2n) is 12.0. The first-order valence-corrected chi connectivity index (χ1v) is 14.3.